The van der Waals surface area contributed by atoms with Gasteiger partial charge in [-0.05, 0) is 6.42 Å². The predicted octanol–water partition coefficient (Wildman–Crippen LogP) is -0.146. The molecule has 4 N–H and O–H groups in total. The highest BCUT2D eigenvalue weighted by Crippen LogP contribution is 1.91. The van der Waals surface area contributed by atoms with Crippen LogP contribution in [-0.2, 0) is 13.6 Å². The van der Waals surface area contributed by atoms with Crippen LogP contribution in [0.15, 0.2) is 23.7 Å². The molecule has 1 aromatic rings. The molecule has 0 atom stereocenters. The third-order valence-corrected chi connectivity index (χ3v) is 1.77. The Morgan fingerprint density at radius 3 is 2.56 bits per heavy atom. The van der Waals surface area contributed by atoms with Crippen molar-refractivity contribution in [2.75, 3.05) is 0 Å². The second kappa shape index (κ2) is 8.29. The molecule has 0 aliphatic heterocycles. The summed E-state index contributed by atoms with van der Waals surface area (Å²) in [7, 11) is 2.04. The molecule has 0 saturated heterocycles. The molecule has 1 heterocycles. The number of hydrogen-bond acceptors (Lipinski definition) is 2. The van der Waals surface area contributed by atoms with Gasteiger partial charge in [0.25, 0.3) is 0 Å². The molecule has 0 spiro atoms. The van der Waals surface area contributed by atoms with Gasteiger partial charge in [0.2, 0.25) is 18.5 Å². The van der Waals surface area contributed by atoms with Crippen molar-refractivity contribution in [3.05, 3.63) is 18.7 Å². The molecule has 6 heteroatoms. The van der Waals surface area contributed by atoms with Crippen molar-refractivity contribution in [1.29, 1.82) is 5.26 Å². The molecule has 0 saturated carbocycles. The maximum atomic E-state index is 7.64. The van der Waals surface area contributed by atoms with Crippen LogP contribution in [0.3, 0.4) is 0 Å². The van der Waals surface area contributed by atoms with Gasteiger partial charge in [0.1, 0.15) is 12.4 Å². The Bertz CT molecular complexity index is 356. The average Bonchev–Trinajstić information content (AvgIpc) is 2.62. The molecule has 0 aliphatic carbocycles. The fraction of sp³-hybridized carbons (Fsp3) is 0.500. The lowest BCUT2D eigenvalue weighted by Crippen LogP contribution is -2.23. The summed E-state index contributed by atoms with van der Waals surface area (Å²) in [5.74, 6) is -0.197. The number of hydrogen-bond donors (Lipinski definition) is 2. The Morgan fingerprint density at radius 2 is 2.25 bits per heavy atom. The summed E-state index contributed by atoms with van der Waals surface area (Å²) in [6, 6.07) is 0. The van der Waals surface area contributed by atoms with Crippen LogP contribution in [0.25, 0.3) is 0 Å². The SMILES string of the molecule is CCCCn1cc[n+](C)c1.N#CN=C(N)N. The van der Waals surface area contributed by atoms with Crippen LogP contribution in [0, 0.1) is 11.5 Å². The van der Waals surface area contributed by atoms with Gasteiger partial charge in [0.05, 0.1) is 13.6 Å². The predicted molar refractivity (Wildman–Crippen MR) is 61.9 cm³/mol. The highest BCUT2D eigenvalue weighted by Gasteiger charge is 1.96. The van der Waals surface area contributed by atoms with E-state index in [2.05, 4.69) is 39.8 Å². The third-order valence-electron chi connectivity index (χ3n) is 1.77. The van der Waals surface area contributed by atoms with Crippen LogP contribution in [0.5, 0.6) is 0 Å². The molecule has 0 amide bonds. The maximum absolute atomic E-state index is 7.64. The van der Waals surface area contributed by atoms with E-state index in [9.17, 15) is 0 Å². The first kappa shape index (κ1) is 14.0. The number of rotatable bonds is 3. The Labute approximate surface area is 95.8 Å². The van der Waals surface area contributed by atoms with Crippen LogP contribution >= 0.6 is 0 Å². The Morgan fingerprint density at radius 1 is 1.56 bits per heavy atom. The highest BCUT2D eigenvalue weighted by molar-refractivity contribution is 5.76. The Balaban J connectivity index is 0.000000325. The largest absolute Gasteiger partial charge is 0.369 e. The van der Waals surface area contributed by atoms with Crippen LogP contribution < -0.4 is 16.0 Å². The number of imidazole rings is 1. The minimum atomic E-state index is -0.197. The molecule has 0 radical (unpaired) electrons. The van der Waals surface area contributed by atoms with Crippen molar-refractivity contribution in [3.8, 4) is 6.19 Å². The Hall–Kier alpha value is -2.03. The molecule has 0 unspecified atom stereocenters. The summed E-state index contributed by atoms with van der Waals surface area (Å²) in [5, 5.41) is 7.64. The number of nitriles is 1. The Kier molecular flexibility index (Phi) is 7.24. The van der Waals surface area contributed by atoms with E-state index in [0.717, 1.165) is 6.54 Å². The van der Waals surface area contributed by atoms with Gasteiger partial charge in [-0.15, -0.1) is 4.99 Å². The van der Waals surface area contributed by atoms with Gasteiger partial charge >= 0.3 is 0 Å². The van der Waals surface area contributed by atoms with Crippen LogP contribution in [0.1, 0.15) is 19.8 Å². The second-order valence-electron chi connectivity index (χ2n) is 3.31. The summed E-state index contributed by atoms with van der Waals surface area (Å²) in [6.45, 7) is 3.36. The van der Waals surface area contributed by atoms with Gasteiger partial charge in [-0.1, -0.05) is 13.3 Å². The fourth-order valence-electron chi connectivity index (χ4n) is 1.03. The maximum Gasteiger partial charge on any atom is 0.243 e. The van der Waals surface area contributed by atoms with E-state index in [1.165, 1.54) is 19.0 Å². The number of nitrogens with zero attached hydrogens (tertiary/aromatic N) is 4. The van der Waals surface area contributed by atoms with E-state index in [1.807, 2.05) is 7.05 Å². The van der Waals surface area contributed by atoms with Crippen molar-refractivity contribution in [1.82, 2.24) is 4.57 Å². The lowest BCUT2D eigenvalue weighted by atomic mass is 10.3. The lowest BCUT2D eigenvalue weighted by molar-refractivity contribution is -0.671. The van der Waals surface area contributed by atoms with E-state index in [-0.39, 0.29) is 5.96 Å². The molecule has 0 aliphatic rings. The zero-order valence-corrected chi connectivity index (χ0v) is 9.80. The quantitative estimate of drug-likeness (QED) is 0.323. The first-order chi connectivity index (χ1) is 7.60. The highest BCUT2D eigenvalue weighted by atomic mass is 15.1. The number of aromatic nitrogens is 2. The van der Waals surface area contributed by atoms with Crippen molar-refractivity contribution in [3.63, 3.8) is 0 Å². The van der Waals surface area contributed by atoms with Crippen LogP contribution in [0.2, 0.25) is 0 Å². The molecule has 0 aromatic carbocycles. The number of unbranched alkanes of at least 4 members (excludes halogenated alkanes) is 1. The third kappa shape index (κ3) is 7.38. The van der Waals surface area contributed by atoms with E-state index >= 15 is 0 Å². The average molecular weight is 223 g/mol. The van der Waals surface area contributed by atoms with E-state index < -0.39 is 0 Å². The summed E-state index contributed by atoms with van der Waals surface area (Å²) < 4.78 is 4.28. The zero-order valence-electron chi connectivity index (χ0n) is 9.80. The molecular formula is C10H19N6+. The molecule has 0 fully saturated rings. The van der Waals surface area contributed by atoms with E-state index in [4.69, 9.17) is 16.7 Å². The normalized spacial score (nSPS) is 8.56. The first-order valence-corrected chi connectivity index (χ1v) is 5.08. The molecule has 6 nitrogen and oxygen atoms in total. The monoisotopic (exact) mass is 223 g/mol. The van der Waals surface area contributed by atoms with E-state index in [1.54, 1.807) is 0 Å². The topological polar surface area (TPSA) is 97.0 Å². The van der Waals surface area contributed by atoms with Gasteiger partial charge in [-0.25, -0.2) is 9.13 Å². The minimum Gasteiger partial charge on any atom is -0.369 e. The number of aryl methyl sites for hydroxylation is 2. The molecule has 88 valence electrons. The summed E-state index contributed by atoms with van der Waals surface area (Å²) >= 11 is 0. The smallest absolute Gasteiger partial charge is 0.243 e. The first-order valence-electron chi connectivity index (χ1n) is 5.08. The van der Waals surface area contributed by atoms with Gasteiger partial charge in [-0.3, -0.25) is 0 Å². The van der Waals surface area contributed by atoms with Crippen LogP contribution in [-0.4, -0.2) is 10.5 Å². The van der Waals surface area contributed by atoms with Gasteiger partial charge in [0.15, 0.2) is 0 Å². The summed E-state index contributed by atoms with van der Waals surface area (Å²) in [6.07, 6.45) is 10.2. The van der Waals surface area contributed by atoms with Crippen molar-refractivity contribution in [2.24, 2.45) is 23.5 Å². The van der Waals surface area contributed by atoms with E-state index in [0.29, 0.717) is 0 Å². The van der Waals surface area contributed by atoms with Gasteiger partial charge < -0.3 is 11.5 Å². The summed E-state index contributed by atoms with van der Waals surface area (Å²) in [4.78, 5) is 2.90. The zero-order chi connectivity index (χ0) is 12.4. The number of guanidine groups is 1. The molecule has 16 heavy (non-hydrogen) atoms. The fourth-order valence-corrected chi connectivity index (χ4v) is 1.03. The molecule has 1 aromatic heterocycles. The number of aliphatic imine (C=N–C) groups is 1. The second-order valence-corrected chi connectivity index (χ2v) is 3.31. The standard InChI is InChI=1S/C8H15N2.C2H4N4/c1-3-4-5-10-7-6-9(2)8-10;3-1-6-2(4)5/h6-8H,3-5H2,1-2H3;(H4,4,5,6)/q+1;. The molecule has 1 rings (SSSR count). The number of nitrogens with two attached hydrogens (primary N) is 2. The van der Waals surface area contributed by atoms with Crippen molar-refractivity contribution < 1.29 is 4.57 Å². The molecule has 0 bridgehead atoms. The summed E-state index contributed by atoms with van der Waals surface area (Å²) in [5.41, 5.74) is 9.42. The van der Waals surface area contributed by atoms with Gasteiger partial charge in [-0.2, -0.15) is 5.26 Å². The minimum absolute atomic E-state index is 0.197. The van der Waals surface area contributed by atoms with Crippen molar-refractivity contribution >= 4 is 5.96 Å². The lowest BCUT2D eigenvalue weighted by Gasteiger charge is -1.90. The van der Waals surface area contributed by atoms with Crippen molar-refractivity contribution in [2.45, 2.75) is 26.3 Å². The molecular weight excluding hydrogens is 204 g/mol. The van der Waals surface area contributed by atoms with Gasteiger partial charge in [0, 0.05) is 0 Å². The van der Waals surface area contributed by atoms with Crippen LogP contribution in [0.4, 0.5) is 0 Å².